The van der Waals surface area contributed by atoms with Crippen molar-refractivity contribution in [2.24, 2.45) is 0 Å². The van der Waals surface area contributed by atoms with Crippen LogP contribution in [0.25, 0.3) is 0 Å². The van der Waals surface area contributed by atoms with Gasteiger partial charge in [-0.1, -0.05) is 12.1 Å². The van der Waals surface area contributed by atoms with E-state index < -0.39 is 0 Å². The molecule has 20 heavy (non-hydrogen) atoms. The summed E-state index contributed by atoms with van der Waals surface area (Å²) in [5.74, 6) is 0.965. The average Bonchev–Trinajstić information content (AvgIpc) is 2.37. The summed E-state index contributed by atoms with van der Waals surface area (Å²) < 4.78 is 5.41. The maximum atomic E-state index is 11.6. The minimum Gasteiger partial charge on any atom is -0.496 e. The fourth-order valence-corrected chi connectivity index (χ4v) is 2.08. The summed E-state index contributed by atoms with van der Waals surface area (Å²) in [6.07, 6.45) is 0.483. The highest BCUT2D eigenvalue weighted by atomic mass is 16.5. The van der Waals surface area contributed by atoms with Crippen molar-refractivity contribution in [3.63, 3.8) is 0 Å². The minimum absolute atomic E-state index is 0.0792. The third-order valence-corrected chi connectivity index (χ3v) is 3.11. The molecule has 0 aliphatic carbocycles. The summed E-state index contributed by atoms with van der Waals surface area (Å²) in [7, 11) is 1.68. The zero-order valence-electron chi connectivity index (χ0n) is 13.1. The van der Waals surface area contributed by atoms with Crippen LogP contribution in [0.1, 0.15) is 44.4 Å². The third-order valence-electron chi connectivity index (χ3n) is 3.11. The van der Waals surface area contributed by atoms with E-state index in [1.165, 1.54) is 5.56 Å². The van der Waals surface area contributed by atoms with Gasteiger partial charge in [0.05, 0.1) is 7.11 Å². The van der Waals surface area contributed by atoms with Crippen LogP contribution in [0.2, 0.25) is 0 Å². The summed E-state index contributed by atoms with van der Waals surface area (Å²) in [6.45, 7) is 8.70. The fourth-order valence-electron chi connectivity index (χ4n) is 2.08. The molecule has 4 heteroatoms. The molecule has 0 bridgehead atoms. The van der Waals surface area contributed by atoms with Crippen LogP contribution in [0, 0.1) is 6.92 Å². The molecule has 1 aromatic rings. The molecule has 0 heterocycles. The largest absolute Gasteiger partial charge is 0.496 e. The summed E-state index contributed by atoms with van der Waals surface area (Å²) >= 11 is 0. The quantitative estimate of drug-likeness (QED) is 0.806. The molecule has 1 aromatic carbocycles. The van der Waals surface area contributed by atoms with Crippen molar-refractivity contribution >= 4 is 5.91 Å². The predicted molar refractivity (Wildman–Crippen MR) is 82.0 cm³/mol. The second-order valence-electron chi connectivity index (χ2n) is 5.39. The van der Waals surface area contributed by atoms with E-state index in [4.69, 9.17) is 4.74 Å². The molecule has 0 fully saturated rings. The van der Waals surface area contributed by atoms with Crippen LogP contribution >= 0.6 is 0 Å². The number of ether oxygens (including phenoxy) is 1. The summed E-state index contributed by atoms with van der Waals surface area (Å²) in [5.41, 5.74) is 2.29. The molecular formula is C16H26N2O2. The molecule has 2 N–H and O–H groups in total. The number of benzene rings is 1. The number of aryl methyl sites for hydroxylation is 1. The Hall–Kier alpha value is -1.55. The van der Waals surface area contributed by atoms with Crippen molar-refractivity contribution in [2.45, 2.75) is 46.2 Å². The number of methoxy groups -OCH3 is 1. The van der Waals surface area contributed by atoms with Crippen LogP contribution in [0.15, 0.2) is 18.2 Å². The second kappa shape index (κ2) is 7.90. The number of amides is 1. The van der Waals surface area contributed by atoms with E-state index in [1.54, 1.807) is 7.11 Å². The van der Waals surface area contributed by atoms with E-state index in [0.717, 1.165) is 11.3 Å². The molecule has 0 spiro atoms. The van der Waals surface area contributed by atoms with Crippen LogP contribution in [0.4, 0.5) is 0 Å². The topological polar surface area (TPSA) is 50.4 Å². The van der Waals surface area contributed by atoms with Gasteiger partial charge in [0, 0.05) is 30.6 Å². The van der Waals surface area contributed by atoms with Crippen LogP contribution in [0.5, 0.6) is 5.75 Å². The van der Waals surface area contributed by atoms with Crippen molar-refractivity contribution in [3.05, 3.63) is 29.3 Å². The number of hydrogen-bond donors (Lipinski definition) is 2. The Bertz CT molecular complexity index is 444. The van der Waals surface area contributed by atoms with Crippen LogP contribution in [0.3, 0.4) is 0 Å². The Labute approximate surface area is 121 Å². The van der Waals surface area contributed by atoms with Gasteiger partial charge in [-0.15, -0.1) is 0 Å². The van der Waals surface area contributed by atoms with Gasteiger partial charge < -0.3 is 15.4 Å². The zero-order chi connectivity index (χ0) is 15.1. The lowest BCUT2D eigenvalue weighted by Crippen LogP contribution is -2.33. The van der Waals surface area contributed by atoms with Gasteiger partial charge in [-0.25, -0.2) is 0 Å². The molecule has 1 unspecified atom stereocenters. The highest BCUT2D eigenvalue weighted by Crippen LogP contribution is 2.25. The molecule has 0 aliphatic heterocycles. The maximum absolute atomic E-state index is 11.6. The smallest absolute Gasteiger partial charge is 0.221 e. The van der Waals surface area contributed by atoms with Crippen LogP contribution in [-0.2, 0) is 4.79 Å². The standard InChI is InChI=1S/C16H26N2O2/c1-11(2)18-16(19)8-9-17-13(4)14-7-6-12(3)10-15(14)20-5/h6-7,10-11,13,17H,8-9H2,1-5H3,(H,18,19). The number of carbonyl (C=O) groups is 1. The van der Waals surface area contributed by atoms with E-state index in [0.29, 0.717) is 13.0 Å². The predicted octanol–water partition coefficient (Wildman–Crippen LogP) is 2.57. The first-order valence-electron chi connectivity index (χ1n) is 7.11. The first-order valence-corrected chi connectivity index (χ1v) is 7.11. The molecule has 1 rings (SSSR count). The Morgan fingerprint density at radius 2 is 2.00 bits per heavy atom. The van der Waals surface area contributed by atoms with E-state index >= 15 is 0 Å². The minimum atomic E-state index is 0.0792. The van der Waals surface area contributed by atoms with Gasteiger partial charge >= 0.3 is 0 Å². The van der Waals surface area contributed by atoms with E-state index in [-0.39, 0.29) is 18.0 Å². The monoisotopic (exact) mass is 278 g/mol. The lowest BCUT2D eigenvalue weighted by atomic mass is 10.0. The number of carbonyl (C=O) groups excluding carboxylic acids is 1. The van der Waals surface area contributed by atoms with Crippen LogP contribution < -0.4 is 15.4 Å². The van der Waals surface area contributed by atoms with Crippen molar-refractivity contribution in [1.82, 2.24) is 10.6 Å². The second-order valence-corrected chi connectivity index (χ2v) is 5.39. The van der Waals surface area contributed by atoms with E-state index in [2.05, 4.69) is 29.7 Å². The van der Waals surface area contributed by atoms with E-state index in [9.17, 15) is 4.79 Å². The van der Waals surface area contributed by atoms with Crippen molar-refractivity contribution in [2.75, 3.05) is 13.7 Å². The highest BCUT2D eigenvalue weighted by molar-refractivity contribution is 5.76. The number of rotatable bonds is 7. The van der Waals surface area contributed by atoms with Gasteiger partial charge in [0.2, 0.25) is 5.91 Å². The van der Waals surface area contributed by atoms with Gasteiger partial charge in [-0.3, -0.25) is 4.79 Å². The Balaban J connectivity index is 2.51. The number of hydrogen-bond acceptors (Lipinski definition) is 3. The molecule has 0 saturated carbocycles. The van der Waals surface area contributed by atoms with Gasteiger partial charge in [0.1, 0.15) is 5.75 Å². The van der Waals surface area contributed by atoms with Gasteiger partial charge in [0.15, 0.2) is 0 Å². The summed E-state index contributed by atoms with van der Waals surface area (Å²) in [6, 6.07) is 6.51. The molecule has 0 radical (unpaired) electrons. The van der Waals surface area contributed by atoms with Gasteiger partial charge in [0.25, 0.3) is 0 Å². The maximum Gasteiger partial charge on any atom is 0.221 e. The lowest BCUT2D eigenvalue weighted by Gasteiger charge is -2.18. The average molecular weight is 278 g/mol. The zero-order valence-corrected chi connectivity index (χ0v) is 13.1. The Morgan fingerprint density at radius 1 is 1.30 bits per heavy atom. The van der Waals surface area contributed by atoms with E-state index in [1.807, 2.05) is 26.8 Å². The molecule has 1 amide bonds. The van der Waals surface area contributed by atoms with Crippen molar-refractivity contribution in [1.29, 1.82) is 0 Å². The summed E-state index contributed by atoms with van der Waals surface area (Å²) in [4.78, 5) is 11.6. The normalized spacial score (nSPS) is 12.3. The molecule has 0 saturated heterocycles. The lowest BCUT2D eigenvalue weighted by molar-refractivity contribution is -0.121. The van der Waals surface area contributed by atoms with Crippen molar-refractivity contribution in [3.8, 4) is 5.75 Å². The summed E-state index contributed by atoms with van der Waals surface area (Å²) in [5, 5.41) is 6.24. The van der Waals surface area contributed by atoms with Gasteiger partial charge in [-0.05, 0) is 39.3 Å². The first kappa shape index (κ1) is 16.5. The van der Waals surface area contributed by atoms with Gasteiger partial charge in [-0.2, -0.15) is 0 Å². The SMILES string of the molecule is COc1cc(C)ccc1C(C)NCCC(=O)NC(C)C. The molecule has 112 valence electrons. The number of nitrogens with one attached hydrogen (secondary N) is 2. The fraction of sp³-hybridized carbons (Fsp3) is 0.562. The molecule has 0 aromatic heterocycles. The van der Waals surface area contributed by atoms with Crippen molar-refractivity contribution < 1.29 is 9.53 Å². The highest BCUT2D eigenvalue weighted by Gasteiger charge is 2.11. The molecule has 1 atom stereocenters. The third kappa shape index (κ3) is 5.21. The molecule has 0 aliphatic rings. The molecule has 4 nitrogen and oxygen atoms in total. The molecular weight excluding hydrogens is 252 g/mol. The Kier molecular flexibility index (Phi) is 6.52. The Morgan fingerprint density at radius 3 is 2.60 bits per heavy atom. The first-order chi connectivity index (χ1) is 9.43. The van der Waals surface area contributed by atoms with Crippen LogP contribution in [-0.4, -0.2) is 25.6 Å².